The highest BCUT2D eigenvalue weighted by Gasteiger charge is 2.22. The van der Waals surface area contributed by atoms with Crippen molar-refractivity contribution < 1.29 is 17.9 Å². The van der Waals surface area contributed by atoms with Crippen molar-refractivity contribution in [2.45, 2.75) is 24.3 Å². The van der Waals surface area contributed by atoms with Gasteiger partial charge >= 0.3 is 0 Å². The van der Waals surface area contributed by atoms with Crippen LogP contribution in [0.15, 0.2) is 82.8 Å². The largest absolute Gasteiger partial charge is 0.495 e. The average Bonchev–Trinajstić information content (AvgIpc) is 2.89. The predicted octanol–water partition coefficient (Wildman–Crippen LogP) is 4.53. The number of nitrogens with one attached hydrogen (secondary N) is 2. The van der Waals surface area contributed by atoms with E-state index in [9.17, 15) is 13.2 Å². The van der Waals surface area contributed by atoms with Crippen molar-refractivity contribution in [2.75, 3.05) is 24.9 Å². The molecular formula is C26H27ClN4O4S. The molecule has 1 saturated heterocycles. The van der Waals surface area contributed by atoms with Crippen LogP contribution in [0.4, 0.5) is 5.69 Å². The second-order valence-corrected chi connectivity index (χ2v) is 10.4. The molecule has 0 spiro atoms. The normalized spacial score (nSPS) is 14.2. The van der Waals surface area contributed by atoms with Crippen molar-refractivity contribution in [3.8, 4) is 5.75 Å². The average molecular weight is 527 g/mol. The van der Waals surface area contributed by atoms with Crippen molar-refractivity contribution >= 4 is 38.9 Å². The number of sulfonamides is 1. The monoisotopic (exact) mass is 526 g/mol. The van der Waals surface area contributed by atoms with Gasteiger partial charge in [-0.2, -0.15) is 5.10 Å². The number of amides is 1. The number of hydrogen-bond acceptors (Lipinski definition) is 6. The number of piperidine rings is 1. The Hall–Kier alpha value is -3.40. The van der Waals surface area contributed by atoms with E-state index >= 15 is 0 Å². The first-order valence-electron chi connectivity index (χ1n) is 11.4. The maximum absolute atomic E-state index is 13.0. The van der Waals surface area contributed by atoms with Gasteiger partial charge in [-0.05, 0) is 35.9 Å². The Bertz CT molecular complexity index is 1350. The van der Waals surface area contributed by atoms with Gasteiger partial charge < -0.3 is 4.74 Å². The summed E-state index contributed by atoms with van der Waals surface area (Å²) in [5.41, 5.74) is 5.10. The third-order valence-corrected chi connectivity index (χ3v) is 7.68. The summed E-state index contributed by atoms with van der Waals surface area (Å²) in [5.74, 6) is -0.156. The summed E-state index contributed by atoms with van der Waals surface area (Å²) in [4.78, 5) is 14.9. The molecule has 0 radical (unpaired) electrons. The van der Waals surface area contributed by atoms with Gasteiger partial charge in [-0.15, -0.1) is 0 Å². The zero-order valence-corrected chi connectivity index (χ0v) is 21.3. The number of para-hydroxylation sites is 2. The molecular weight excluding hydrogens is 500 g/mol. The highest BCUT2D eigenvalue weighted by atomic mass is 35.5. The zero-order chi connectivity index (χ0) is 25.5. The number of anilines is 1. The molecule has 36 heavy (non-hydrogen) atoms. The van der Waals surface area contributed by atoms with E-state index in [1.54, 1.807) is 24.3 Å². The molecule has 0 aliphatic carbocycles. The predicted molar refractivity (Wildman–Crippen MR) is 141 cm³/mol. The molecule has 3 aromatic carbocycles. The molecule has 188 valence electrons. The second kappa shape index (κ2) is 11.6. The highest BCUT2D eigenvalue weighted by Crippen LogP contribution is 2.29. The third-order valence-electron chi connectivity index (χ3n) is 5.83. The fraction of sp³-hybridized carbons (Fsp3) is 0.231. The first-order valence-corrected chi connectivity index (χ1v) is 13.3. The fourth-order valence-corrected chi connectivity index (χ4v) is 5.49. The van der Waals surface area contributed by atoms with Gasteiger partial charge in [0, 0.05) is 43.8 Å². The maximum atomic E-state index is 13.0. The van der Waals surface area contributed by atoms with Gasteiger partial charge in [0.2, 0.25) is 0 Å². The van der Waals surface area contributed by atoms with E-state index in [1.807, 2.05) is 18.2 Å². The standard InChI is InChI=1S/C26H27ClN4O4S/c1-35-24-10-6-5-9-23(24)30-36(33,34)25-17-20(11-12-22(25)27)26(32)29-28-21-13-15-31(16-14-21)18-19-7-3-2-4-8-19/h2-12,17,30H,13-16,18H2,1H3,(H,29,32). The van der Waals surface area contributed by atoms with Crippen LogP contribution in [0.3, 0.4) is 0 Å². The molecule has 0 atom stereocenters. The number of likely N-dealkylation sites (tertiary alicyclic amines) is 1. The number of hydrogen-bond donors (Lipinski definition) is 2. The molecule has 0 unspecified atom stereocenters. The number of halogens is 1. The van der Waals surface area contributed by atoms with Crippen molar-refractivity contribution in [1.29, 1.82) is 0 Å². The second-order valence-electron chi connectivity index (χ2n) is 8.33. The number of nitrogens with zero attached hydrogens (tertiary/aromatic N) is 2. The van der Waals surface area contributed by atoms with Crippen LogP contribution >= 0.6 is 11.6 Å². The van der Waals surface area contributed by atoms with Crippen molar-refractivity contribution in [3.63, 3.8) is 0 Å². The zero-order valence-electron chi connectivity index (χ0n) is 19.8. The summed E-state index contributed by atoms with van der Waals surface area (Å²) in [7, 11) is -2.64. The van der Waals surface area contributed by atoms with Crippen LogP contribution in [-0.2, 0) is 16.6 Å². The fourth-order valence-electron chi connectivity index (χ4n) is 3.90. The first kappa shape index (κ1) is 25.7. The van der Waals surface area contributed by atoms with Crippen molar-refractivity contribution in [2.24, 2.45) is 5.10 Å². The lowest BCUT2D eigenvalue weighted by Crippen LogP contribution is -2.34. The number of ether oxygens (including phenoxy) is 1. The molecule has 1 amide bonds. The minimum atomic E-state index is -4.08. The maximum Gasteiger partial charge on any atom is 0.271 e. The van der Waals surface area contributed by atoms with Crippen LogP contribution in [-0.4, -0.2) is 45.1 Å². The molecule has 1 fully saturated rings. The number of methoxy groups -OCH3 is 1. The first-order chi connectivity index (χ1) is 17.4. The molecule has 0 saturated carbocycles. The summed E-state index contributed by atoms with van der Waals surface area (Å²) in [6.45, 7) is 2.58. The molecule has 3 aromatic rings. The summed E-state index contributed by atoms with van der Waals surface area (Å²) in [6.07, 6.45) is 1.49. The summed E-state index contributed by atoms with van der Waals surface area (Å²) in [5, 5.41) is 4.27. The molecule has 8 nitrogen and oxygen atoms in total. The minimum Gasteiger partial charge on any atom is -0.495 e. The van der Waals surface area contributed by atoms with Gasteiger partial charge in [-0.25, -0.2) is 13.8 Å². The number of carbonyl (C=O) groups excluding carboxylic acids is 1. The number of hydrazone groups is 1. The highest BCUT2D eigenvalue weighted by molar-refractivity contribution is 7.92. The Labute approximate surface area is 216 Å². The molecule has 0 bridgehead atoms. The molecule has 0 aromatic heterocycles. The van der Waals surface area contributed by atoms with E-state index < -0.39 is 15.9 Å². The van der Waals surface area contributed by atoms with Gasteiger partial charge in [0.1, 0.15) is 10.6 Å². The molecule has 2 N–H and O–H groups in total. The summed E-state index contributed by atoms with van der Waals surface area (Å²) < 4.78 is 33.7. The van der Waals surface area contributed by atoms with Crippen LogP contribution in [0.5, 0.6) is 5.75 Å². The van der Waals surface area contributed by atoms with Crippen LogP contribution in [0.2, 0.25) is 5.02 Å². The van der Waals surface area contributed by atoms with Gasteiger partial charge in [-0.1, -0.05) is 54.1 Å². The van der Waals surface area contributed by atoms with E-state index in [0.29, 0.717) is 5.75 Å². The number of rotatable bonds is 8. The molecule has 1 aliphatic heterocycles. The lowest BCUT2D eigenvalue weighted by Gasteiger charge is -2.27. The topological polar surface area (TPSA) is 100 Å². The number of carbonyl (C=O) groups is 1. The molecule has 1 heterocycles. The SMILES string of the molecule is COc1ccccc1NS(=O)(=O)c1cc(C(=O)NN=C2CCN(Cc3ccccc3)CC2)ccc1Cl. The Morgan fingerprint density at radius 1 is 1.03 bits per heavy atom. The Kier molecular flexibility index (Phi) is 8.25. The van der Waals surface area contributed by atoms with E-state index in [0.717, 1.165) is 38.2 Å². The molecule has 4 rings (SSSR count). The summed E-state index contributed by atoms with van der Waals surface area (Å²) >= 11 is 6.18. The lowest BCUT2D eigenvalue weighted by atomic mass is 10.1. The van der Waals surface area contributed by atoms with Crippen LogP contribution in [0, 0.1) is 0 Å². The Morgan fingerprint density at radius 3 is 2.44 bits per heavy atom. The van der Waals surface area contributed by atoms with E-state index in [1.165, 1.54) is 30.9 Å². The van der Waals surface area contributed by atoms with Gasteiger partial charge in [0.15, 0.2) is 0 Å². The van der Waals surface area contributed by atoms with Crippen LogP contribution in [0.25, 0.3) is 0 Å². The lowest BCUT2D eigenvalue weighted by molar-refractivity contribution is 0.0954. The van der Waals surface area contributed by atoms with E-state index in [-0.39, 0.29) is 21.2 Å². The van der Waals surface area contributed by atoms with Gasteiger partial charge in [0.05, 0.1) is 17.8 Å². The minimum absolute atomic E-state index is 0.00829. The third kappa shape index (κ3) is 6.42. The van der Waals surface area contributed by atoms with Crippen LogP contribution in [0.1, 0.15) is 28.8 Å². The van der Waals surface area contributed by atoms with E-state index in [2.05, 4.69) is 32.3 Å². The van der Waals surface area contributed by atoms with Gasteiger partial charge in [-0.3, -0.25) is 14.4 Å². The van der Waals surface area contributed by atoms with E-state index in [4.69, 9.17) is 16.3 Å². The smallest absolute Gasteiger partial charge is 0.271 e. The van der Waals surface area contributed by atoms with Gasteiger partial charge in [0.25, 0.3) is 15.9 Å². The quantitative estimate of drug-likeness (QED) is 0.420. The Morgan fingerprint density at radius 2 is 1.72 bits per heavy atom. The summed E-state index contributed by atoms with van der Waals surface area (Å²) in [6, 6.07) is 21.0. The van der Waals surface area contributed by atoms with Crippen molar-refractivity contribution in [1.82, 2.24) is 10.3 Å². The number of benzene rings is 3. The Balaban J connectivity index is 1.40. The van der Waals surface area contributed by atoms with Crippen molar-refractivity contribution in [3.05, 3.63) is 88.9 Å². The van der Waals surface area contributed by atoms with Crippen LogP contribution < -0.4 is 14.9 Å². The molecule has 1 aliphatic rings. The molecule has 10 heteroatoms.